The normalized spacial score (nSPS) is 13.6. The van der Waals surface area contributed by atoms with Crippen molar-refractivity contribution in [3.05, 3.63) is 65.7 Å². The fraction of sp³-hybridized carbons (Fsp3) is 0.133. The van der Waals surface area contributed by atoms with Gasteiger partial charge in [-0.05, 0) is 31.2 Å². The highest BCUT2D eigenvalue weighted by Crippen LogP contribution is 2.14. The van der Waals surface area contributed by atoms with Gasteiger partial charge in [-0.2, -0.15) is 4.36 Å². The minimum absolute atomic E-state index is 0.448. The van der Waals surface area contributed by atoms with Crippen LogP contribution in [0.5, 0.6) is 0 Å². The number of hydrogen-bond acceptors (Lipinski definition) is 2. The van der Waals surface area contributed by atoms with E-state index < -0.39 is 15.6 Å². The second-order valence-electron chi connectivity index (χ2n) is 4.38. The zero-order valence-corrected chi connectivity index (χ0v) is 11.7. The van der Waals surface area contributed by atoms with Gasteiger partial charge in [0.2, 0.25) is 0 Å². The highest BCUT2D eigenvalue weighted by Gasteiger charge is 2.10. The van der Waals surface area contributed by atoms with Gasteiger partial charge in [0, 0.05) is 16.7 Å². The van der Waals surface area contributed by atoms with Gasteiger partial charge in [-0.3, -0.25) is 4.79 Å². The first kappa shape index (κ1) is 13.5. The first-order valence-electron chi connectivity index (χ1n) is 5.87. The Kier molecular flexibility index (Phi) is 3.81. The topological polar surface area (TPSA) is 46.5 Å². The molecule has 3 nitrogen and oxygen atoms in total. The van der Waals surface area contributed by atoms with Crippen molar-refractivity contribution in [2.45, 2.75) is 11.8 Å². The Labute approximate surface area is 113 Å². The van der Waals surface area contributed by atoms with Crippen LogP contribution in [-0.4, -0.2) is 16.4 Å². The molecule has 0 aliphatic heterocycles. The van der Waals surface area contributed by atoms with E-state index in [1.807, 2.05) is 25.1 Å². The van der Waals surface area contributed by atoms with E-state index in [4.69, 9.17) is 0 Å². The van der Waals surface area contributed by atoms with Crippen molar-refractivity contribution in [3.63, 3.8) is 0 Å². The quantitative estimate of drug-likeness (QED) is 0.843. The summed E-state index contributed by atoms with van der Waals surface area (Å²) in [5.74, 6) is -0.450. The van der Waals surface area contributed by atoms with Crippen molar-refractivity contribution in [1.29, 1.82) is 0 Å². The van der Waals surface area contributed by atoms with Gasteiger partial charge in [0.25, 0.3) is 5.91 Å². The lowest BCUT2D eigenvalue weighted by molar-refractivity contribution is 0.100. The molecular formula is C15H15NO2S. The standard InChI is InChI=1S/C15H15NO2S/c1-12-8-10-14(11-9-12)19(2,18)16-15(17)13-6-4-3-5-7-13/h3-11H,1-2H3. The van der Waals surface area contributed by atoms with Gasteiger partial charge in [-0.25, -0.2) is 4.21 Å². The molecule has 4 heteroatoms. The number of amides is 1. The second-order valence-corrected chi connectivity index (χ2v) is 6.64. The molecule has 0 saturated heterocycles. The van der Waals surface area contributed by atoms with Gasteiger partial charge in [0.1, 0.15) is 0 Å². The summed E-state index contributed by atoms with van der Waals surface area (Å²) in [5, 5.41) is 0. The molecule has 1 atom stereocenters. The molecule has 0 bridgehead atoms. The molecule has 98 valence electrons. The summed E-state index contributed by atoms with van der Waals surface area (Å²) in [4.78, 5) is 12.5. The molecule has 2 aromatic rings. The van der Waals surface area contributed by atoms with Gasteiger partial charge < -0.3 is 0 Å². The molecule has 19 heavy (non-hydrogen) atoms. The Hall–Kier alpha value is -1.94. The zero-order chi connectivity index (χ0) is 13.9. The SMILES string of the molecule is Cc1ccc(S(C)(=O)=NC(=O)c2ccccc2)cc1. The van der Waals surface area contributed by atoms with Crippen molar-refractivity contribution in [2.24, 2.45) is 4.36 Å². The van der Waals surface area contributed by atoms with Crippen molar-refractivity contribution in [1.82, 2.24) is 0 Å². The predicted molar refractivity (Wildman–Crippen MR) is 76.7 cm³/mol. The number of benzene rings is 2. The molecule has 0 radical (unpaired) electrons. The van der Waals surface area contributed by atoms with Crippen LogP contribution in [0.1, 0.15) is 15.9 Å². The van der Waals surface area contributed by atoms with Crippen molar-refractivity contribution < 1.29 is 9.00 Å². The first-order chi connectivity index (χ1) is 8.99. The van der Waals surface area contributed by atoms with Crippen LogP contribution in [0.3, 0.4) is 0 Å². The zero-order valence-electron chi connectivity index (χ0n) is 10.9. The van der Waals surface area contributed by atoms with Gasteiger partial charge in [-0.1, -0.05) is 35.9 Å². The van der Waals surface area contributed by atoms with Crippen LogP contribution in [0.4, 0.5) is 0 Å². The molecule has 0 aliphatic carbocycles. The third-order valence-electron chi connectivity index (χ3n) is 2.74. The van der Waals surface area contributed by atoms with Gasteiger partial charge in [0.15, 0.2) is 0 Å². The fourth-order valence-corrected chi connectivity index (χ4v) is 2.80. The molecule has 2 rings (SSSR count). The lowest BCUT2D eigenvalue weighted by atomic mass is 10.2. The van der Waals surface area contributed by atoms with Gasteiger partial charge in [0.05, 0.1) is 9.73 Å². The highest BCUT2D eigenvalue weighted by atomic mass is 32.2. The minimum Gasteiger partial charge on any atom is -0.266 e. The molecule has 0 saturated carbocycles. The summed E-state index contributed by atoms with van der Waals surface area (Å²) >= 11 is 0. The van der Waals surface area contributed by atoms with Crippen LogP contribution in [0, 0.1) is 6.92 Å². The van der Waals surface area contributed by atoms with E-state index in [0.29, 0.717) is 10.5 Å². The van der Waals surface area contributed by atoms with E-state index in [0.717, 1.165) is 5.56 Å². The Morgan fingerprint density at radius 3 is 2.16 bits per heavy atom. The molecule has 2 aromatic carbocycles. The third kappa shape index (κ3) is 3.29. The Morgan fingerprint density at radius 2 is 1.58 bits per heavy atom. The molecular weight excluding hydrogens is 258 g/mol. The summed E-state index contributed by atoms with van der Waals surface area (Å²) < 4.78 is 16.4. The number of nitrogens with zero attached hydrogens (tertiary/aromatic N) is 1. The van der Waals surface area contributed by atoms with Crippen LogP contribution in [-0.2, 0) is 9.73 Å². The monoisotopic (exact) mass is 273 g/mol. The van der Waals surface area contributed by atoms with Crippen LogP contribution >= 0.6 is 0 Å². The maximum absolute atomic E-state index is 12.5. The summed E-state index contributed by atoms with van der Waals surface area (Å²) in [6.07, 6.45) is 1.48. The smallest absolute Gasteiger partial charge is 0.266 e. The van der Waals surface area contributed by atoms with Crippen molar-refractivity contribution in [3.8, 4) is 0 Å². The van der Waals surface area contributed by atoms with Crippen molar-refractivity contribution in [2.75, 3.05) is 6.26 Å². The van der Waals surface area contributed by atoms with E-state index in [1.54, 1.807) is 36.4 Å². The van der Waals surface area contributed by atoms with E-state index in [2.05, 4.69) is 4.36 Å². The Balaban J connectivity index is 2.39. The van der Waals surface area contributed by atoms with Crippen LogP contribution in [0.15, 0.2) is 63.9 Å². The van der Waals surface area contributed by atoms with E-state index in [9.17, 15) is 9.00 Å². The first-order valence-corrected chi connectivity index (χ1v) is 7.79. The molecule has 0 aromatic heterocycles. The molecule has 0 heterocycles. The maximum atomic E-state index is 12.5. The number of carbonyl (C=O) groups is 1. The highest BCUT2D eigenvalue weighted by molar-refractivity contribution is 7.93. The summed E-state index contributed by atoms with van der Waals surface area (Å²) in [6, 6.07) is 15.9. The molecule has 1 amide bonds. The van der Waals surface area contributed by atoms with E-state index in [1.165, 1.54) is 6.26 Å². The lowest BCUT2D eigenvalue weighted by Crippen LogP contribution is -2.03. The van der Waals surface area contributed by atoms with Crippen LogP contribution in [0.2, 0.25) is 0 Å². The van der Waals surface area contributed by atoms with E-state index >= 15 is 0 Å². The summed E-state index contributed by atoms with van der Waals surface area (Å²) in [7, 11) is -2.70. The third-order valence-corrected chi connectivity index (χ3v) is 4.40. The Bertz CT molecular complexity index is 697. The summed E-state index contributed by atoms with van der Waals surface area (Å²) in [6.45, 7) is 1.95. The number of carbonyl (C=O) groups excluding carboxylic acids is 1. The Morgan fingerprint density at radius 1 is 1.00 bits per heavy atom. The van der Waals surface area contributed by atoms with Crippen LogP contribution < -0.4 is 0 Å². The average Bonchev–Trinajstić information content (AvgIpc) is 2.40. The lowest BCUT2D eigenvalue weighted by Gasteiger charge is -2.04. The summed E-state index contributed by atoms with van der Waals surface area (Å²) in [5.41, 5.74) is 1.53. The van der Waals surface area contributed by atoms with Crippen LogP contribution in [0.25, 0.3) is 0 Å². The minimum atomic E-state index is -2.70. The molecule has 0 spiro atoms. The van der Waals surface area contributed by atoms with E-state index in [-0.39, 0.29) is 0 Å². The maximum Gasteiger partial charge on any atom is 0.285 e. The molecule has 0 aliphatic rings. The molecule has 0 N–H and O–H groups in total. The number of rotatable bonds is 2. The van der Waals surface area contributed by atoms with Gasteiger partial charge in [-0.15, -0.1) is 0 Å². The van der Waals surface area contributed by atoms with Crippen molar-refractivity contribution >= 4 is 15.6 Å². The number of aryl methyl sites for hydroxylation is 1. The molecule has 1 unspecified atom stereocenters. The average molecular weight is 273 g/mol. The predicted octanol–water partition coefficient (Wildman–Crippen LogP) is 3.29. The fourth-order valence-electron chi connectivity index (χ4n) is 1.64. The number of hydrogen-bond donors (Lipinski definition) is 0. The second kappa shape index (κ2) is 5.36. The van der Waals surface area contributed by atoms with Gasteiger partial charge >= 0.3 is 0 Å². The molecule has 0 fully saturated rings. The largest absolute Gasteiger partial charge is 0.285 e.